The highest BCUT2D eigenvalue weighted by atomic mass is 35.5. The Morgan fingerprint density at radius 3 is 2.41 bits per heavy atom. The number of para-hydroxylation sites is 1. The normalized spacial score (nSPS) is 12.8. The van der Waals surface area contributed by atoms with Crippen LogP contribution in [0, 0.1) is 0 Å². The van der Waals surface area contributed by atoms with Crippen LogP contribution in [0.2, 0.25) is 5.02 Å². The summed E-state index contributed by atoms with van der Waals surface area (Å²) in [5.74, 6) is -0.354. The number of carbonyl (C=O) groups excluding carboxylic acids is 2. The molecule has 0 atom stereocenters. The molecule has 1 aliphatic heterocycles. The van der Waals surface area contributed by atoms with E-state index < -0.39 is 0 Å². The fourth-order valence-electron chi connectivity index (χ4n) is 3.32. The molecule has 29 heavy (non-hydrogen) atoms. The van der Waals surface area contributed by atoms with Gasteiger partial charge in [-0.1, -0.05) is 54.1 Å². The monoisotopic (exact) mass is 402 g/mol. The molecular formula is C24H19ClN2O2. The second-order valence-electron chi connectivity index (χ2n) is 6.72. The molecule has 4 nitrogen and oxygen atoms in total. The average molecular weight is 403 g/mol. The first-order valence-corrected chi connectivity index (χ1v) is 9.74. The Labute approximate surface area is 174 Å². The summed E-state index contributed by atoms with van der Waals surface area (Å²) in [4.78, 5) is 27.3. The molecule has 2 amide bonds. The van der Waals surface area contributed by atoms with Gasteiger partial charge in [-0.2, -0.15) is 0 Å². The quantitative estimate of drug-likeness (QED) is 0.614. The number of benzene rings is 3. The molecular weight excluding hydrogens is 384 g/mol. The third-order valence-electron chi connectivity index (χ3n) is 4.80. The molecule has 0 unspecified atom stereocenters. The second-order valence-corrected chi connectivity index (χ2v) is 7.13. The number of hydrogen-bond acceptors (Lipinski definition) is 2. The van der Waals surface area contributed by atoms with Crippen LogP contribution in [0.15, 0.2) is 78.9 Å². The van der Waals surface area contributed by atoms with Crippen molar-refractivity contribution >= 4 is 40.9 Å². The number of rotatable bonds is 3. The maximum absolute atomic E-state index is 13.1. The van der Waals surface area contributed by atoms with Gasteiger partial charge in [-0.3, -0.25) is 9.59 Å². The van der Waals surface area contributed by atoms with Crippen molar-refractivity contribution in [3.8, 4) is 0 Å². The smallest absolute Gasteiger partial charge is 0.258 e. The van der Waals surface area contributed by atoms with Gasteiger partial charge in [-0.25, -0.2) is 0 Å². The number of carbonyl (C=O) groups is 2. The first-order valence-electron chi connectivity index (χ1n) is 9.37. The van der Waals surface area contributed by atoms with E-state index in [0.29, 0.717) is 28.4 Å². The molecule has 144 valence electrons. The van der Waals surface area contributed by atoms with Crippen molar-refractivity contribution in [1.29, 1.82) is 0 Å². The number of halogens is 1. The minimum absolute atomic E-state index is 0.0647. The minimum Gasteiger partial charge on any atom is -0.322 e. The number of fused-ring (bicyclic) bond motifs is 1. The van der Waals surface area contributed by atoms with Crippen LogP contribution in [0.4, 0.5) is 11.4 Å². The molecule has 0 aliphatic carbocycles. The molecule has 0 bridgehead atoms. The molecule has 0 radical (unpaired) electrons. The number of anilines is 2. The number of nitrogens with one attached hydrogen (secondary N) is 1. The van der Waals surface area contributed by atoms with E-state index >= 15 is 0 Å². The lowest BCUT2D eigenvalue weighted by molar-refractivity contribution is 0.0986. The molecule has 5 heteroatoms. The fraction of sp³-hybridized carbons (Fsp3) is 0.0833. The highest BCUT2D eigenvalue weighted by Gasteiger charge is 2.20. The lowest BCUT2D eigenvalue weighted by Gasteiger charge is -2.23. The van der Waals surface area contributed by atoms with Crippen LogP contribution in [-0.4, -0.2) is 18.4 Å². The number of nitrogens with zero attached hydrogens (tertiary/aromatic N) is 1. The van der Waals surface area contributed by atoms with Crippen LogP contribution in [0.3, 0.4) is 0 Å². The topological polar surface area (TPSA) is 49.4 Å². The third kappa shape index (κ3) is 4.08. The zero-order valence-corrected chi connectivity index (χ0v) is 16.4. The fourth-order valence-corrected chi connectivity index (χ4v) is 3.54. The molecule has 1 N–H and O–H groups in total. The Morgan fingerprint density at radius 1 is 0.897 bits per heavy atom. The molecule has 0 fully saturated rings. The molecule has 3 aromatic rings. The van der Waals surface area contributed by atoms with Gasteiger partial charge in [0, 0.05) is 17.8 Å². The average Bonchev–Trinajstić information content (AvgIpc) is 2.96. The predicted octanol–water partition coefficient (Wildman–Crippen LogP) is 5.66. The van der Waals surface area contributed by atoms with Crippen molar-refractivity contribution in [3.63, 3.8) is 0 Å². The van der Waals surface area contributed by atoms with E-state index in [9.17, 15) is 9.59 Å². The largest absolute Gasteiger partial charge is 0.322 e. The van der Waals surface area contributed by atoms with Crippen LogP contribution in [0.25, 0.3) is 6.08 Å². The molecule has 0 aromatic heterocycles. The predicted molar refractivity (Wildman–Crippen MR) is 118 cm³/mol. The third-order valence-corrected chi connectivity index (χ3v) is 5.13. The maximum atomic E-state index is 13.1. The first kappa shape index (κ1) is 19.0. The van der Waals surface area contributed by atoms with E-state index in [-0.39, 0.29) is 11.8 Å². The molecule has 0 saturated heterocycles. The second kappa shape index (κ2) is 8.33. The van der Waals surface area contributed by atoms with Gasteiger partial charge >= 0.3 is 0 Å². The van der Waals surface area contributed by atoms with Crippen LogP contribution in [0.5, 0.6) is 0 Å². The Hall–Kier alpha value is -3.37. The zero-order valence-electron chi connectivity index (χ0n) is 15.6. The van der Waals surface area contributed by atoms with Gasteiger partial charge in [0.05, 0.1) is 16.3 Å². The molecule has 4 rings (SSSR count). The summed E-state index contributed by atoms with van der Waals surface area (Å²) in [6.45, 7) is 0.622. The van der Waals surface area contributed by atoms with Gasteiger partial charge in [0.25, 0.3) is 11.8 Å². The highest BCUT2D eigenvalue weighted by molar-refractivity contribution is 6.34. The van der Waals surface area contributed by atoms with Crippen molar-refractivity contribution < 1.29 is 9.59 Å². The van der Waals surface area contributed by atoms with Crippen molar-refractivity contribution in [1.82, 2.24) is 0 Å². The van der Waals surface area contributed by atoms with Gasteiger partial charge in [0.15, 0.2) is 0 Å². The zero-order chi connectivity index (χ0) is 20.2. The van der Waals surface area contributed by atoms with E-state index in [1.54, 1.807) is 53.4 Å². The van der Waals surface area contributed by atoms with Gasteiger partial charge in [-0.15, -0.1) is 0 Å². The Balaban J connectivity index is 1.52. The van der Waals surface area contributed by atoms with Crippen LogP contribution < -0.4 is 10.2 Å². The van der Waals surface area contributed by atoms with Gasteiger partial charge in [0.2, 0.25) is 0 Å². The molecule has 0 spiro atoms. The van der Waals surface area contributed by atoms with E-state index in [1.165, 1.54) is 0 Å². The summed E-state index contributed by atoms with van der Waals surface area (Å²) < 4.78 is 0. The van der Waals surface area contributed by atoms with E-state index in [1.807, 2.05) is 24.3 Å². The van der Waals surface area contributed by atoms with Crippen molar-refractivity contribution in [3.05, 3.63) is 101 Å². The lowest BCUT2D eigenvalue weighted by Crippen LogP contribution is -2.31. The summed E-state index contributed by atoms with van der Waals surface area (Å²) in [6, 6.07) is 21.6. The van der Waals surface area contributed by atoms with Crippen molar-refractivity contribution in [2.24, 2.45) is 0 Å². The van der Waals surface area contributed by atoms with E-state index in [4.69, 9.17) is 11.6 Å². The number of hydrogen-bond donors (Lipinski definition) is 1. The minimum atomic E-state index is -0.290. The molecule has 0 saturated carbocycles. The Morgan fingerprint density at radius 2 is 1.62 bits per heavy atom. The highest BCUT2D eigenvalue weighted by Crippen LogP contribution is 2.27. The Bertz CT molecular complexity index is 1090. The van der Waals surface area contributed by atoms with Crippen LogP contribution >= 0.6 is 11.6 Å². The Kier molecular flexibility index (Phi) is 5.45. The summed E-state index contributed by atoms with van der Waals surface area (Å²) in [5.41, 5.74) is 3.51. The van der Waals surface area contributed by atoms with Gasteiger partial charge < -0.3 is 10.2 Å². The van der Waals surface area contributed by atoms with Crippen LogP contribution in [0.1, 0.15) is 32.7 Å². The van der Waals surface area contributed by atoms with Crippen molar-refractivity contribution in [2.45, 2.75) is 6.42 Å². The SMILES string of the molecule is O=C(Nc1ccc(C(=O)N2CCC=Cc3ccccc32)cc1)c1ccccc1Cl. The maximum Gasteiger partial charge on any atom is 0.258 e. The number of amides is 2. The van der Waals surface area contributed by atoms with E-state index in [2.05, 4.69) is 17.5 Å². The van der Waals surface area contributed by atoms with Crippen molar-refractivity contribution in [2.75, 3.05) is 16.8 Å². The first-order chi connectivity index (χ1) is 14.1. The van der Waals surface area contributed by atoms with E-state index in [0.717, 1.165) is 17.7 Å². The molecule has 3 aromatic carbocycles. The summed E-state index contributed by atoms with van der Waals surface area (Å²) in [5, 5.41) is 3.21. The van der Waals surface area contributed by atoms with Crippen LogP contribution in [-0.2, 0) is 0 Å². The molecule has 1 aliphatic rings. The summed E-state index contributed by atoms with van der Waals surface area (Å²) in [6.07, 6.45) is 4.93. The van der Waals surface area contributed by atoms with Gasteiger partial charge in [0.1, 0.15) is 0 Å². The lowest BCUT2D eigenvalue weighted by atomic mass is 10.1. The molecule has 1 heterocycles. The summed E-state index contributed by atoms with van der Waals surface area (Å²) >= 11 is 6.08. The standard InChI is InChI=1S/C24H19ClN2O2/c25-21-10-3-2-9-20(21)23(28)26-19-14-12-18(13-15-19)24(29)27-16-6-5-8-17-7-1-4-11-22(17)27/h1-5,7-15H,6,16H2,(H,26,28). The van der Waals surface area contributed by atoms with Gasteiger partial charge in [-0.05, 0) is 54.4 Å². The summed E-state index contributed by atoms with van der Waals surface area (Å²) in [7, 11) is 0.